The number of nitrogens with zero attached hydrogens (tertiary/aromatic N) is 1. The van der Waals surface area contributed by atoms with Crippen molar-refractivity contribution in [2.75, 3.05) is 51.3 Å². The third-order valence-electron chi connectivity index (χ3n) is 6.30. The van der Waals surface area contributed by atoms with Gasteiger partial charge in [0.05, 0.1) is 37.8 Å². The van der Waals surface area contributed by atoms with E-state index < -0.39 is 11.9 Å². The molecule has 0 bridgehead atoms. The minimum atomic E-state index is -0.620. The number of likely N-dealkylation sites (N-methyl/N-ethyl adjacent to an activating group) is 1. The van der Waals surface area contributed by atoms with Crippen LogP contribution in [0, 0.1) is 0 Å². The molecule has 0 saturated carbocycles. The topological polar surface area (TPSA) is 124 Å². The Bertz CT molecular complexity index is 1170. The van der Waals surface area contributed by atoms with Gasteiger partial charge in [-0.15, -0.1) is 0 Å². The molecule has 0 atom stereocenters. The van der Waals surface area contributed by atoms with Crippen LogP contribution in [0.4, 0.5) is 11.4 Å². The average Bonchev–Trinajstić information content (AvgIpc) is 2.97. The molecule has 2 N–H and O–H groups in total. The summed E-state index contributed by atoms with van der Waals surface area (Å²) in [5.41, 5.74) is 1.13. The maximum absolute atomic E-state index is 13.0. The molecule has 0 radical (unpaired) electrons. The molecule has 0 saturated heterocycles. The van der Waals surface area contributed by atoms with Crippen LogP contribution < -0.4 is 19.7 Å². The van der Waals surface area contributed by atoms with Gasteiger partial charge in [0.2, 0.25) is 11.7 Å². The second-order valence-corrected chi connectivity index (χ2v) is 9.29. The standard InChI is InChI=1S/C31H42N2O8/c1-6-8-9-10-11-12-18-40-21-28(35)33(3)29-23(31(37)41-7-2)14-13-15-24(29)32-27(34)17-16-22-19-25(38-4)30(36)26(20-22)39-5/h13-17,19-20,36H,6-12,18,21H2,1-5H3,(H,32,34)/b17-16+. The highest BCUT2D eigenvalue weighted by atomic mass is 16.5. The highest BCUT2D eigenvalue weighted by Crippen LogP contribution is 2.37. The fourth-order valence-corrected chi connectivity index (χ4v) is 4.10. The van der Waals surface area contributed by atoms with Crippen LogP contribution in [0.2, 0.25) is 0 Å². The van der Waals surface area contributed by atoms with Gasteiger partial charge in [0.1, 0.15) is 6.61 Å². The monoisotopic (exact) mass is 570 g/mol. The SMILES string of the molecule is CCCCCCCCOCC(=O)N(C)c1c(NC(=O)/C=C/c2cc(OC)c(O)c(OC)c2)cccc1C(=O)OCC. The van der Waals surface area contributed by atoms with Crippen LogP contribution >= 0.6 is 0 Å². The van der Waals surface area contributed by atoms with Gasteiger partial charge < -0.3 is 34.3 Å². The summed E-state index contributed by atoms with van der Waals surface area (Å²) in [6.07, 6.45) is 9.45. The molecule has 10 heteroatoms. The number of hydrogen-bond donors (Lipinski definition) is 2. The van der Waals surface area contributed by atoms with Gasteiger partial charge in [-0.1, -0.05) is 45.1 Å². The quantitative estimate of drug-likeness (QED) is 0.144. The van der Waals surface area contributed by atoms with E-state index in [1.54, 1.807) is 31.2 Å². The number of phenols is 1. The summed E-state index contributed by atoms with van der Waals surface area (Å²) in [5.74, 6) is -1.29. The van der Waals surface area contributed by atoms with Gasteiger partial charge in [0.25, 0.3) is 5.91 Å². The third kappa shape index (κ3) is 10.1. The number of aromatic hydroxyl groups is 1. The summed E-state index contributed by atoms with van der Waals surface area (Å²) in [6.45, 7) is 4.31. The Labute approximate surface area is 242 Å². The maximum Gasteiger partial charge on any atom is 0.340 e. The molecule has 0 aliphatic carbocycles. The molecule has 224 valence electrons. The molecule has 2 aromatic rings. The number of amides is 2. The number of carbonyl (C=O) groups excluding carboxylic acids is 3. The van der Waals surface area contributed by atoms with Crippen molar-refractivity contribution in [3.05, 3.63) is 47.5 Å². The van der Waals surface area contributed by atoms with E-state index in [9.17, 15) is 19.5 Å². The number of benzene rings is 2. The molecule has 41 heavy (non-hydrogen) atoms. The second kappa shape index (κ2) is 17.6. The van der Waals surface area contributed by atoms with Gasteiger partial charge in [-0.3, -0.25) is 9.59 Å². The molecule has 0 fully saturated rings. The summed E-state index contributed by atoms with van der Waals surface area (Å²) < 4.78 is 21.1. The van der Waals surface area contributed by atoms with Gasteiger partial charge in [0, 0.05) is 19.7 Å². The van der Waals surface area contributed by atoms with Crippen LogP contribution in [-0.4, -0.2) is 64.0 Å². The van der Waals surface area contributed by atoms with Crippen molar-refractivity contribution in [2.45, 2.75) is 52.4 Å². The molecule has 2 rings (SSSR count). The van der Waals surface area contributed by atoms with E-state index >= 15 is 0 Å². The van der Waals surface area contributed by atoms with Crippen LogP contribution in [0.1, 0.15) is 68.3 Å². The number of ether oxygens (including phenoxy) is 4. The highest BCUT2D eigenvalue weighted by molar-refractivity contribution is 6.10. The maximum atomic E-state index is 13.0. The van der Waals surface area contributed by atoms with Crippen molar-refractivity contribution in [1.29, 1.82) is 0 Å². The molecule has 2 aromatic carbocycles. The summed E-state index contributed by atoms with van der Waals surface area (Å²) in [6, 6.07) is 7.82. The number of para-hydroxylation sites is 1. The largest absolute Gasteiger partial charge is 0.502 e. The van der Waals surface area contributed by atoms with Crippen molar-refractivity contribution in [3.63, 3.8) is 0 Å². The first-order valence-corrected chi connectivity index (χ1v) is 13.9. The van der Waals surface area contributed by atoms with Crippen LogP contribution in [0.25, 0.3) is 6.08 Å². The Kier molecular flexibility index (Phi) is 14.2. The van der Waals surface area contributed by atoms with Crippen molar-refractivity contribution in [1.82, 2.24) is 0 Å². The highest BCUT2D eigenvalue weighted by Gasteiger charge is 2.24. The van der Waals surface area contributed by atoms with Crippen molar-refractivity contribution in [3.8, 4) is 17.2 Å². The van der Waals surface area contributed by atoms with E-state index in [1.165, 1.54) is 63.6 Å². The Morgan fingerprint density at radius 3 is 2.27 bits per heavy atom. The lowest BCUT2D eigenvalue weighted by Crippen LogP contribution is -2.32. The number of esters is 1. The van der Waals surface area contributed by atoms with Gasteiger partial charge in [-0.2, -0.15) is 0 Å². The number of nitrogens with one attached hydrogen (secondary N) is 1. The molecule has 10 nitrogen and oxygen atoms in total. The minimum absolute atomic E-state index is 0.133. The third-order valence-corrected chi connectivity index (χ3v) is 6.30. The minimum Gasteiger partial charge on any atom is -0.502 e. The average molecular weight is 571 g/mol. The predicted octanol–water partition coefficient (Wildman–Crippen LogP) is 5.58. The smallest absolute Gasteiger partial charge is 0.340 e. The number of unbranched alkanes of at least 4 members (excludes halogenated alkanes) is 5. The summed E-state index contributed by atoms with van der Waals surface area (Å²) in [5, 5.41) is 12.9. The zero-order valence-electron chi connectivity index (χ0n) is 24.7. The Morgan fingerprint density at radius 2 is 1.63 bits per heavy atom. The Morgan fingerprint density at radius 1 is 0.976 bits per heavy atom. The molecule has 0 heterocycles. The molecule has 0 aliphatic heterocycles. The van der Waals surface area contributed by atoms with E-state index in [1.807, 2.05) is 0 Å². The normalized spacial score (nSPS) is 10.9. The Hall–Kier alpha value is -4.05. The van der Waals surface area contributed by atoms with Gasteiger partial charge in [-0.25, -0.2) is 4.79 Å². The van der Waals surface area contributed by atoms with E-state index in [2.05, 4.69) is 12.2 Å². The molecule has 0 aromatic heterocycles. The lowest BCUT2D eigenvalue weighted by molar-refractivity contribution is -0.122. The van der Waals surface area contributed by atoms with Crippen molar-refractivity contribution >= 4 is 35.2 Å². The number of methoxy groups -OCH3 is 2. The second-order valence-electron chi connectivity index (χ2n) is 9.29. The van der Waals surface area contributed by atoms with Crippen LogP contribution in [0.5, 0.6) is 17.2 Å². The first kappa shape index (κ1) is 33.2. The number of phenolic OH excluding ortho intramolecular Hbond substituents is 1. The lowest BCUT2D eigenvalue weighted by Gasteiger charge is -2.23. The zero-order chi connectivity index (χ0) is 30.2. The van der Waals surface area contributed by atoms with E-state index in [0.29, 0.717) is 12.2 Å². The van der Waals surface area contributed by atoms with Crippen LogP contribution in [-0.2, 0) is 19.1 Å². The number of rotatable bonds is 17. The van der Waals surface area contributed by atoms with Crippen molar-refractivity contribution in [2.24, 2.45) is 0 Å². The van der Waals surface area contributed by atoms with E-state index in [0.717, 1.165) is 19.3 Å². The zero-order valence-corrected chi connectivity index (χ0v) is 24.7. The number of hydrogen-bond acceptors (Lipinski definition) is 8. The fourth-order valence-electron chi connectivity index (χ4n) is 4.10. The number of carbonyl (C=O) groups is 3. The Balaban J connectivity index is 2.19. The first-order valence-electron chi connectivity index (χ1n) is 13.9. The van der Waals surface area contributed by atoms with Crippen molar-refractivity contribution < 1.29 is 38.4 Å². The molecular formula is C31H42N2O8. The predicted molar refractivity (Wildman–Crippen MR) is 159 cm³/mol. The fraction of sp³-hybridized carbons (Fsp3) is 0.452. The molecule has 0 spiro atoms. The lowest BCUT2D eigenvalue weighted by atomic mass is 10.1. The van der Waals surface area contributed by atoms with Gasteiger partial charge in [-0.05, 0) is 49.2 Å². The number of anilines is 2. The first-order chi connectivity index (χ1) is 19.8. The summed E-state index contributed by atoms with van der Waals surface area (Å²) in [7, 11) is 4.34. The van der Waals surface area contributed by atoms with E-state index in [-0.39, 0.29) is 53.3 Å². The molecule has 0 aliphatic rings. The van der Waals surface area contributed by atoms with Crippen LogP contribution in [0.3, 0.4) is 0 Å². The summed E-state index contributed by atoms with van der Waals surface area (Å²) in [4.78, 5) is 40.0. The molecule has 0 unspecified atom stereocenters. The molecular weight excluding hydrogens is 528 g/mol. The molecule has 2 amide bonds. The van der Waals surface area contributed by atoms with Gasteiger partial charge >= 0.3 is 5.97 Å². The van der Waals surface area contributed by atoms with Gasteiger partial charge in [0.15, 0.2) is 11.5 Å². The summed E-state index contributed by atoms with van der Waals surface area (Å²) >= 11 is 0. The van der Waals surface area contributed by atoms with E-state index in [4.69, 9.17) is 18.9 Å². The van der Waals surface area contributed by atoms with Crippen LogP contribution in [0.15, 0.2) is 36.4 Å².